The van der Waals surface area contributed by atoms with Gasteiger partial charge in [-0.15, -0.1) is 0 Å². The van der Waals surface area contributed by atoms with Crippen LogP contribution in [0.1, 0.15) is 33.1 Å². The molecule has 0 spiro atoms. The predicted molar refractivity (Wildman–Crippen MR) is 123 cm³/mol. The van der Waals surface area contributed by atoms with Gasteiger partial charge >= 0.3 is 0 Å². The molecule has 0 fully saturated rings. The van der Waals surface area contributed by atoms with Crippen molar-refractivity contribution in [2.75, 3.05) is 27.2 Å². The van der Waals surface area contributed by atoms with Crippen LogP contribution in [0.3, 0.4) is 0 Å². The number of amides is 1. The molecule has 1 amide bonds. The highest BCUT2D eigenvalue weighted by Gasteiger charge is 2.25. The molecule has 8 heteroatoms. The predicted octanol–water partition coefficient (Wildman–Crippen LogP) is 4.75. The third-order valence-corrected chi connectivity index (χ3v) is 5.59. The quantitative estimate of drug-likeness (QED) is 0.404. The Morgan fingerprint density at radius 1 is 1.09 bits per heavy atom. The average molecular weight is 451 g/mol. The molecule has 4 rings (SSSR count). The van der Waals surface area contributed by atoms with Gasteiger partial charge in [0.15, 0.2) is 0 Å². The number of carbonyl (C=O) groups excluding carboxylic acids is 1. The molecule has 0 unspecified atom stereocenters. The van der Waals surface area contributed by atoms with Crippen LogP contribution < -0.4 is 0 Å². The Hall–Kier alpha value is -3.52. The Bertz CT molecular complexity index is 1310. The Morgan fingerprint density at radius 3 is 2.52 bits per heavy atom. The second-order valence-electron chi connectivity index (χ2n) is 8.45. The van der Waals surface area contributed by atoms with Crippen molar-refractivity contribution in [2.24, 2.45) is 0 Å². The number of aromatic nitrogens is 2. The zero-order valence-corrected chi connectivity index (χ0v) is 19.5. The summed E-state index contributed by atoms with van der Waals surface area (Å²) < 4.78 is 25.5. The summed E-state index contributed by atoms with van der Waals surface area (Å²) >= 11 is 0. The van der Waals surface area contributed by atoms with E-state index in [0.717, 1.165) is 11.3 Å². The summed E-state index contributed by atoms with van der Waals surface area (Å²) in [5.41, 5.74) is 3.08. The van der Waals surface area contributed by atoms with Crippen LogP contribution in [0.15, 0.2) is 45.3 Å². The maximum absolute atomic E-state index is 14.4. The van der Waals surface area contributed by atoms with Gasteiger partial charge < -0.3 is 18.7 Å². The monoisotopic (exact) mass is 450 g/mol. The minimum absolute atomic E-state index is 0.146. The molecular weight excluding hydrogens is 423 g/mol. The Labute approximate surface area is 191 Å². The minimum atomic E-state index is -0.341. The van der Waals surface area contributed by atoms with Crippen molar-refractivity contribution in [1.82, 2.24) is 19.9 Å². The number of pyridine rings is 1. The van der Waals surface area contributed by atoms with Crippen molar-refractivity contribution in [3.63, 3.8) is 0 Å². The number of carbonyl (C=O) groups is 1. The standard InChI is InChI=1S/C25H27FN4O3/c1-15-12-19(17(3)32-15)22-13-20(23-16(2)28-33-24(23)27-22)25(31)30(11-10-29(4)5)14-18-8-6-7-9-21(18)26/h6-9,12-13H,10-11,14H2,1-5H3. The number of hydrogen-bond acceptors (Lipinski definition) is 6. The van der Waals surface area contributed by atoms with Gasteiger partial charge in [0.2, 0.25) is 0 Å². The summed E-state index contributed by atoms with van der Waals surface area (Å²) in [4.78, 5) is 22.1. The van der Waals surface area contributed by atoms with E-state index in [4.69, 9.17) is 8.94 Å². The van der Waals surface area contributed by atoms with Crippen LogP contribution in [0.5, 0.6) is 0 Å². The number of furan rings is 1. The molecule has 3 aromatic heterocycles. The Kier molecular flexibility index (Phi) is 6.29. The first-order valence-electron chi connectivity index (χ1n) is 10.8. The zero-order valence-electron chi connectivity index (χ0n) is 19.5. The van der Waals surface area contributed by atoms with E-state index in [0.29, 0.717) is 46.8 Å². The van der Waals surface area contributed by atoms with Gasteiger partial charge in [0.1, 0.15) is 17.3 Å². The zero-order chi connectivity index (χ0) is 23.7. The van der Waals surface area contributed by atoms with Crippen molar-refractivity contribution in [3.05, 3.63) is 70.6 Å². The van der Waals surface area contributed by atoms with Gasteiger partial charge in [-0.05, 0) is 53.1 Å². The van der Waals surface area contributed by atoms with Crippen molar-refractivity contribution in [3.8, 4) is 11.3 Å². The van der Waals surface area contributed by atoms with Gasteiger partial charge in [0.25, 0.3) is 11.6 Å². The fraction of sp³-hybridized carbons (Fsp3) is 0.320. The van der Waals surface area contributed by atoms with E-state index in [1.807, 2.05) is 38.9 Å². The molecule has 0 N–H and O–H groups in total. The maximum atomic E-state index is 14.4. The highest BCUT2D eigenvalue weighted by atomic mass is 19.1. The smallest absolute Gasteiger partial charge is 0.259 e. The third kappa shape index (κ3) is 4.66. The number of hydrogen-bond donors (Lipinski definition) is 0. The second kappa shape index (κ2) is 9.15. The fourth-order valence-electron chi connectivity index (χ4n) is 3.86. The molecule has 0 radical (unpaired) electrons. The van der Waals surface area contributed by atoms with E-state index in [-0.39, 0.29) is 24.0 Å². The van der Waals surface area contributed by atoms with Gasteiger partial charge in [-0.3, -0.25) is 4.79 Å². The minimum Gasteiger partial charge on any atom is -0.466 e. The molecule has 3 heterocycles. The lowest BCUT2D eigenvalue weighted by atomic mass is 10.0. The van der Waals surface area contributed by atoms with Crippen molar-refractivity contribution < 1.29 is 18.1 Å². The number of aryl methyl sites for hydroxylation is 3. The molecule has 0 bridgehead atoms. The number of likely N-dealkylation sites (N-methyl/N-ethyl adjacent to an activating group) is 1. The van der Waals surface area contributed by atoms with Crippen LogP contribution in [-0.4, -0.2) is 53.0 Å². The molecule has 0 aliphatic rings. The van der Waals surface area contributed by atoms with E-state index in [1.165, 1.54) is 6.07 Å². The molecule has 7 nitrogen and oxygen atoms in total. The van der Waals surface area contributed by atoms with Crippen molar-refractivity contribution in [2.45, 2.75) is 27.3 Å². The first-order chi connectivity index (χ1) is 15.7. The SMILES string of the molecule is Cc1cc(-c2cc(C(=O)N(CCN(C)C)Cc3ccccc3F)c3c(C)noc3n2)c(C)o1. The summed E-state index contributed by atoms with van der Waals surface area (Å²) in [6, 6.07) is 10.1. The highest BCUT2D eigenvalue weighted by molar-refractivity contribution is 6.07. The molecule has 4 aromatic rings. The molecule has 0 aliphatic carbocycles. The van der Waals surface area contributed by atoms with E-state index in [9.17, 15) is 9.18 Å². The van der Waals surface area contributed by atoms with Crippen LogP contribution in [0, 0.1) is 26.6 Å². The Balaban J connectivity index is 1.81. The van der Waals surface area contributed by atoms with Gasteiger partial charge in [-0.25, -0.2) is 9.37 Å². The van der Waals surface area contributed by atoms with Crippen molar-refractivity contribution >= 4 is 17.0 Å². The number of rotatable bonds is 7. The molecule has 0 aliphatic heterocycles. The van der Waals surface area contributed by atoms with Gasteiger partial charge in [-0.1, -0.05) is 23.4 Å². The lowest BCUT2D eigenvalue weighted by Gasteiger charge is -2.25. The first kappa shape index (κ1) is 22.7. The van der Waals surface area contributed by atoms with E-state index >= 15 is 0 Å². The topological polar surface area (TPSA) is 75.6 Å². The van der Waals surface area contributed by atoms with Crippen LogP contribution in [0.25, 0.3) is 22.4 Å². The molecule has 172 valence electrons. The summed E-state index contributed by atoms with van der Waals surface area (Å²) in [6.45, 7) is 6.68. The second-order valence-corrected chi connectivity index (χ2v) is 8.45. The molecule has 0 atom stereocenters. The summed E-state index contributed by atoms with van der Waals surface area (Å²) in [7, 11) is 3.87. The van der Waals surface area contributed by atoms with E-state index in [2.05, 4.69) is 10.1 Å². The van der Waals surface area contributed by atoms with Crippen LogP contribution in [-0.2, 0) is 6.54 Å². The number of nitrogens with zero attached hydrogens (tertiary/aromatic N) is 4. The molecule has 1 aromatic carbocycles. The van der Waals surface area contributed by atoms with Gasteiger partial charge in [0, 0.05) is 30.8 Å². The van der Waals surface area contributed by atoms with Gasteiger partial charge in [0.05, 0.1) is 22.3 Å². The van der Waals surface area contributed by atoms with E-state index in [1.54, 1.807) is 36.1 Å². The molecule has 0 saturated carbocycles. The fourth-order valence-corrected chi connectivity index (χ4v) is 3.86. The maximum Gasteiger partial charge on any atom is 0.259 e. The average Bonchev–Trinajstić information content (AvgIpc) is 3.32. The lowest BCUT2D eigenvalue weighted by Crippen LogP contribution is -2.36. The normalized spacial score (nSPS) is 11.5. The summed E-state index contributed by atoms with van der Waals surface area (Å²) in [5.74, 6) is 0.868. The number of halogens is 1. The highest BCUT2D eigenvalue weighted by Crippen LogP contribution is 2.31. The molecular formula is C25H27FN4O3. The third-order valence-electron chi connectivity index (χ3n) is 5.59. The summed E-state index contributed by atoms with van der Waals surface area (Å²) in [5, 5.41) is 4.59. The van der Waals surface area contributed by atoms with Crippen molar-refractivity contribution in [1.29, 1.82) is 0 Å². The van der Waals surface area contributed by atoms with E-state index < -0.39 is 0 Å². The summed E-state index contributed by atoms with van der Waals surface area (Å²) in [6.07, 6.45) is 0. The van der Waals surface area contributed by atoms with Crippen LogP contribution >= 0.6 is 0 Å². The number of benzene rings is 1. The number of fused-ring (bicyclic) bond motifs is 1. The first-order valence-corrected chi connectivity index (χ1v) is 10.8. The molecule has 0 saturated heterocycles. The van der Waals surface area contributed by atoms with Crippen LogP contribution in [0.2, 0.25) is 0 Å². The lowest BCUT2D eigenvalue weighted by molar-refractivity contribution is 0.0732. The van der Waals surface area contributed by atoms with Crippen LogP contribution in [0.4, 0.5) is 4.39 Å². The Morgan fingerprint density at radius 2 is 1.85 bits per heavy atom. The molecule has 33 heavy (non-hydrogen) atoms. The largest absolute Gasteiger partial charge is 0.466 e. The van der Waals surface area contributed by atoms with Gasteiger partial charge in [-0.2, -0.15) is 0 Å².